The Hall–Kier alpha value is -3.61. The lowest BCUT2D eigenvalue weighted by molar-refractivity contribution is -0.0202. The molecule has 39 heavy (non-hydrogen) atoms. The summed E-state index contributed by atoms with van der Waals surface area (Å²) in [6, 6.07) is 4.10. The number of aryl methyl sites for hydroxylation is 1. The molecule has 1 amide bonds. The largest absolute Gasteiger partial charge is 0.444 e. The van der Waals surface area contributed by atoms with Crippen LogP contribution >= 0.6 is 0 Å². The van der Waals surface area contributed by atoms with Gasteiger partial charge in [0.05, 0.1) is 11.2 Å². The van der Waals surface area contributed by atoms with Crippen LogP contribution in [0.1, 0.15) is 69.3 Å². The van der Waals surface area contributed by atoms with Gasteiger partial charge in [-0.1, -0.05) is 54.7 Å². The number of nitrogens with one attached hydrogen (secondary N) is 1. The summed E-state index contributed by atoms with van der Waals surface area (Å²) in [6.45, 7) is 7.06. The highest BCUT2D eigenvalue weighted by Crippen LogP contribution is 2.36. The van der Waals surface area contributed by atoms with Gasteiger partial charge in [0.15, 0.2) is 0 Å². The van der Waals surface area contributed by atoms with Crippen molar-refractivity contribution in [2.24, 2.45) is 5.92 Å². The van der Waals surface area contributed by atoms with E-state index in [1.54, 1.807) is 27.0 Å². The number of halogens is 2. The van der Waals surface area contributed by atoms with Gasteiger partial charge in [0.25, 0.3) is 0 Å². The standard InChI is InChI=1S/C32H37F2N3O2/c1-22-26-21-27(24-9-7-5-6-8-10-24)29(37-28(26)16-19-35-22)25-13-11-23(12-14-25)15-17-32(33,34)18-20-36-30(38)39-31(2,3)4/h5-11,13-14,16,19,21,23-24H,12,15,17-18,20H2,1-4H3,(H,36,38). The first-order chi connectivity index (χ1) is 18.5. The summed E-state index contributed by atoms with van der Waals surface area (Å²) in [6.07, 6.45) is 20.0. The van der Waals surface area contributed by atoms with Gasteiger partial charge in [-0.2, -0.15) is 0 Å². The van der Waals surface area contributed by atoms with Crippen molar-refractivity contribution in [1.82, 2.24) is 15.3 Å². The molecule has 0 spiro atoms. The summed E-state index contributed by atoms with van der Waals surface area (Å²) in [7, 11) is 0. The topological polar surface area (TPSA) is 64.1 Å². The number of ether oxygens (including phenoxy) is 1. The summed E-state index contributed by atoms with van der Waals surface area (Å²) in [5, 5.41) is 3.45. The lowest BCUT2D eigenvalue weighted by Gasteiger charge is -2.23. The molecule has 0 saturated heterocycles. The summed E-state index contributed by atoms with van der Waals surface area (Å²) in [5.74, 6) is -2.78. The molecule has 206 valence electrons. The Morgan fingerprint density at radius 1 is 1.10 bits per heavy atom. The molecule has 1 unspecified atom stereocenters. The van der Waals surface area contributed by atoms with Crippen molar-refractivity contribution < 1.29 is 18.3 Å². The number of amides is 1. The van der Waals surface area contributed by atoms with Crippen LogP contribution in [0.3, 0.4) is 0 Å². The number of pyridine rings is 2. The molecule has 0 aliphatic heterocycles. The van der Waals surface area contributed by atoms with Crippen LogP contribution in [0.25, 0.3) is 16.5 Å². The van der Waals surface area contributed by atoms with Crippen molar-refractivity contribution >= 4 is 22.6 Å². The lowest BCUT2D eigenvalue weighted by atomic mass is 9.86. The molecule has 1 N–H and O–H groups in total. The molecule has 0 fully saturated rings. The van der Waals surface area contributed by atoms with Gasteiger partial charge >= 0.3 is 6.09 Å². The van der Waals surface area contributed by atoms with Crippen LogP contribution in [-0.4, -0.2) is 34.1 Å². The van der Waals surface area contributed by atoms with E-state index in [2.05, 4.69) is 34.6 Å². The number of carbonyl (C=O) groups is 1. The van der Waals surface area contributed by atoms with E-state index in [9.17, 15) is 13.6 Å². The van der Waals surface area contributed by atoms with E-state index in [1.807, 2.05) is 49.4 Å². The van der Waals surface area contributed by atoms with Crippen molar-refractivity contribution in [3.8, 4) is 0 Å². The molecule has 2 heterocycles. The van der Waals surface area contributed by atoms with Gasteiger partial charge in [-0.3, -0.25) is 4.98 Å². The van der Waals surface area contributed by atoms with Gasteiger partial charge in [0.1, 0.15) is 5.60 Å². The minimum atomic E-state index is -2.86. The fraction of sp³-hybridized carbons (Fsp3) is 0.406. The van der Waals surface area contributed by atoms with E-state index in [1.165, 1.54) is 0 Å². The Labute approximate surface area is 229 Å². The Morgan fingerprint density at radius 3 is 2.51 bits per heavy atom. The minimum absolute atomic E-state index is 0.0238. The van der Waals surface area contributed by atoms with Gasteiger partial charge in [-0.15, -0.1) is 0 Å². The monoisotopic (exact) mass is 533 g/mol. The maximum atomic E-state index is 14.5. The number of alkyl carbamates (subject to hydrolysis) is 1. The third-order valence-electron chi connectivity index (χ3n) is 6.80. The van der Waals surface area contributed by atoms with E-state index >= 15 is 0 Å². The van der Waals surface area contributed by atoms with Crippen LogP contribution in [0.4, 0.5) is 13.6 Å². The summed E-state index contributed by atoms with van der Waals surface area (Å²) in [4.78, 5) is 21.2. The number of nitrogens with zero attached hydrogens (tertiary/aromatic N) is 2. The second kappa shape index (κ2) is 12.1. The number of alkyl halides is 2. The molecular formula is C32H37F2N3O2. The maximum Gasteiger partial charge on any atom is 0.407 e. The average Bonchev–Trinajstić information content (AvgIpc) is 3.16. The molecule has 0 aromatic carbocycles. The van der Waals surface area contributed by atoms with Crippen LogP contribution < -0.4 is 5.32 Å². The maximum absolute atomic E-state index is 14.5. The van der Waals surface area contributed by atoms with Gasteiger partial charge in [0, 0.05) is 42.6 Å². The molecule has 2 aliphatic carbocycles. The third-order valence-corrected chi connectivity index (χ3v) is 6.80. The number of allylic oxidation sites excluding steroid dienone is 10. The number of hydrogen-bond donors (Lipinski definition) is 1. The van der Waals surface area contributed by atoms with Gasteiger partial charge in [-0.25, -0.2) is 18.6 Å². The molecule has 1 atom stereocenters. The molecule has 2 aromatic rings. The van der Waals surface area contributed by atoms with Crippen LogP contribution in [-0.2, 0) is 4.74 Å². The molecule has 0 saturated carbocycles. The lowest BCUT2D eigenvalue weighted by Crippen LogP contribution is -2.35. The molecule has 0 radical (unpaired) electrons. The highest BCUT2D eigenvalue weighted by Gasteiger charge is 2.30. The number of aromatic nitrogens is 2. The van der Waals surface area contributed by atoms with Crippen molar-refractivity contribution in [1.29, 1.82) is 0 Å². The number of hydrogen-bond acceptors (Lipinski definition) is 4. The first kappa shape index (κ1) is 28.4. The Kier molecular flexibility index (Phi) is 8.78. The number of fused-ring (bicyclic) bond motifs is 1. The second-order valence-electron chi connectivity index (χ2n) is 11.2. The van der Waals surface area contributed by atoms with Gasteiger partial charge in [0.2, 0.25) is 5.92 Å². The molecular weight excluding hydrogens is 496 g/mol. The van der Waals surface area contributed by atoms with Crippen LogP contribution in [0.2, 0.25) is 0 Å². The summed E-state index contributed by atoms with van der Waals surface area (Å²) >= 11 is 0. The highest BCUT2D eigenvalue weighted by molar-refractivity contribution is 5.86. The number of carbonyl (C=O) groups excluding carboxylic acids is 1. The Morgan fingerprint density at radius 2 is 1.85 bits per heavy atom. The van der Waals surface area contributed by atoms with Crippen molar-refractivity contribution in [3.63, 3.8) is 0 Å². The van der Waals surface area contributed by atoms with E-state index in [0.717, 1.165) is 33.4 Å². The Bertz CT molecular complexity index is 1330. The first-order valence-electron chi connectivity index (χ1n) is 13.5. The summed E-state index contributed by atoms with van der Waals surface area (Å²) < 4.78 is 34.1. The third kappa shape index (κ3) is 7.94. The minimum Gasteiger partial charge on any atom is -0.444 e. The molecule has 2 aliphatic rings. The predicted molar refractivity (Wildman–Crippen MR) is 153 cm³/mol. The smallest absolute Gasteiger partial charge is 0.407 e. The molecule has 7 heteroatoms. The van der Waals surface area contributed by atoms with Gasteiger partial charge in [-0.05, 0) is 69.7 Å². The van der Waals surface area contributed by atoms with E-state index in [4.69, 9.17) is 9.72 Å². The van der Waals surface area contributed by atoms with E-state index in [0.29, 0.717) is 12.8 Å². The summed E-state index contributed by atoms with van der Waals surface area (Å²) in [5.41, 5.74) is 4.16. The van der Waals surface area contributed by atoms with Crippen LogP contribution in [0, 0.1) is 12.8 Å². The van der Waals surface area contributed by atoms with E-state index in [-0.39, 0.29) is 24.8 Å². The van der Waals surface area contributed by atoms with Crippen molar-refractivity contribution in [2.75, 3.05) is 6.54 Å². The van der Waals surface area contributed by atoms with Crippen molar-refractivity contribution in [3.05, 3.63) is 90.0 Å². The zero-order chi connectivity index (χ0) is 28.0. The van der Waals surface area contributed by atoms with E-state index < -0.39 is 24.0 Å². The predicted octanol–water partition coefficient (Wildman–Crippen LogP) is 7.99. The second-order valence-corrected chi connectivity index (χ2v) is 11.2. The fourth-order valence-electron chi connectivity index (χ4n) is 4.74. The first-order valence-corrected chi connectivity index (χ1v) is 13.5. The molecule has 0 bridgehead atoms. The van der Waals surface area contributed by atoms with Gasteiger partial charge < -0.3 is 10.1 Å². The fourth-order valence-corrected chi connectivity index (χ4v) is 4.74. The van der Waals surface area contributed by atoms with Crippen LogP contribution in [0.5, 0.6) is 0 Å². The average molecular weight is 534 g/mol. The highest BCUT2D eigenvalue weighted by atomic mass is 19.3. The normalized spacial score (nSPS) is 17.8. The quantitative estimate of drug-likeness (QED) is 0.373. The molecule has 4 rings (SSSR count). The molecule has 2 aromatic heterocycles. The number of rotatable bonds is 8. The SMILES string of the molecule is Cc1nccc2nc(C3=CCC(CCC(F)(F)CCNC(=O)OC(C)(C)C)C=C3)c(C3C=CC=CC=C3)cc12. The molecule has 5 nitrogen and oxygen atoms in total. The van der Waals surface area contributed by atoms with Crippen LogP contribution in [0.15, 0.2) is 73.0 Å². The zero-order valence-corrected chi connectivity index (χ0v) is 23.1. The van der Waals surface area contributed by atoms with Crippen molar-refractivity contribution in [2.45, 2.75) is 70.8 Å². The zero-order valence-electron chi connectivity index (χ0n) is 23.1. The Balaban J connectivity index is 1.41.